The van der Waals surface area contributed by atoms with Gasteiger partial charge in [0, 0.05) is 25.6 Å². The Morgan fingerprint density at radius 2 is 2.04 bits per heavy atom. The normalized spacial score (nSPS) is 22.3. The van der Waals surface area contributed by atoms with Gasteiger partial charge in [-0.05, 0) is 50.0 Å². The van der Waals surface area contributed by atoms with Crippen molar-refractivity contribution in [3.8, 4) is 6.07 Å². The molecule has 3 atom stereocenters. The first-order valence-corrected chi connectivity index (χ1v) is 9.40. The van der Waals surface area contributed by atoms with E-state index in [9.17, 15) is 0 Å². The minimum atomic E-state index is 0.327. The summed E-state index contributed by atoms with van der Waals surface area (Å²) in [6.45, 7) is 8.53. The minimum Gasteiger partial charge on any atom is -0.378 e. The number of nitrogens with one attached hydrogen (secondary N) is 1. The zero-order valence-corrected chi connectivity index (χ0v) is 15.4. The van der Waals surface area contributed by atoms with Gasteiger partial charge in [0.15, 0.2) is 0 Å². The Labute approximate surface area is 147 Å². The summed E-state index contributed by atoms with van der Waals surface area (Å²) in [6.07, 6.45) is 5.36. The standard InChI is InChI=1S/C21H32N2O/c1-16(2)21-19(7-6-14-24-21)15-23-20(8-4-5-13-22)18-11-9-17(3)10-12-18/h9-12,16,19-21,23H,4-8,14-15H2,1-3H3/t19-,20+,21-/m1/s1. The summed E-state index contributed by atoms with van der Waals surface area (Å²) in [7, 11) is 0. The highest BCUT2D eigenvalue weighted by Crippen LogP contribution is 2.27. The maximum atomic E-state index is 8.83. The van der Waals surface area contributed by atoms with E-state index >= 15 is 0 Å². The first-order chi connectivity index (χ1) is 11.6. The van der Waals surface area contributed by atoms with Crippen LogP contribution in [0.2, 0.25) is 0 Å². The quantitative estimate of drug-likeness (QED) is 0.699. The molecule has 0 radical (unpaired) electrons. The summed E-state index contributed by atoms with van der Waals surface area (Å²) in [5.41, 5.74) is 2.62. The van der Waals surface area contributed by atoms with Gasteiger partial charge in [-0.3, -0.25) is 0 Å². The Balaban J connectivity index is 1.98. The molecule has 1 aliphatic rings. The minimum absolute atomic E-state index is 0.327. The molecule has 0 amide bonds. The van der Waals surface area contributed by atoms with Crippen molar-refractivity contribution in [1.29, 1.82) is 5.26 Å². The molecule has 0 spiro atoms. The number of unbranched alkanes of at least 4 members (excludes halogenated alkanes) is 1. The summed E-state index contributed by atoms with van der Waals surface area (Å²) >= 11 is 0. The van der Waals surface area contributed by atoms with Gasteiger partial charge in [0.1, 0.15) is 0 Å². The van der Waals surface area contributed by atoms with Crippen LogP contribution in [-0.2, 0) is 4.74 Å². The van der Waals surface area contributed by atoms with Gasteiger partial charge in [0.25, 0.3) is 0 Å². The second kappa shape index (κ2) is 9.81. The van der Waals surface area contributed by atoms with E-state index in [0.717, 1.165) is 26.0 Å². The van der Waals surface area contributed by atoms with Gasteiger partial charge in [-0.15, -0.1) is 0 Å². The van der Waals surface area contributed by atoms with E-state index in [0.29, 0.717) is 30.4 Å². The fourth-order valence-electron chi connectivity index (χ4n) is 3.68. The highest BCUT2D eigenvalue weighted by molar-refractivity contribution is 5.24. The molecule has 1 N–H and O–H groups in total. The average Bonchev–Trinajstić information content (AvgIpc) is 2.59. The van der Waals surface area contributed by atoms with Gasteiger partial charge in [-0.1, -0.05) is 43.7 Å². The molecule has 1 heterocycles. The lowest BCUT2D eigenvalue weighted by atomic mass is 9.87. The van der Waals surface area contributed by atoms with Crippen LogP contribution >= 0.6 is 0 Å². The van der Waals surface area contributed by atoms with Crippen molar-refractivity contribution in [2.24, 2.45) is 11.8 Å². The second-order valence-corrected chi connectivity index (χ2v) is 7.40. The van der Waals surface area contributed by atoms with Crippen molar-refractivity contribution < 1.29 is 4.74 Å². The molecule has 2 rings (SSSR count). The summed E-state index contributed by atoms with van der Waals surface area (Å²) < 4.78 is 6.02. The van der Waals surface area contributed by atoms with Crippen molar-refractivity contribution in [2.45, 2.75) is 65.0 Å². The van der Waals surface area contributed by atoms with Crippen LogP contribution in [0.15, 0.2) is 24.3 Å². The zero-order chi connectivity index (χ0) is 17.4. The molecule has 1 aliphatic heterocycles. The van der Waals surface area contributed by atoms with Crippen LogP contribution in [0, 0.1) is 30.1 Å². The maximum absolute atomic E-state index is 8.83. The summed E-state index contributed by atoms with van der Waals surface area (Å²) in [4.78, 5) is 0. The Morgan fingerprint density at radius 3 is 2.71 bits per heavy atom. The molecule has 1 fully saturated rings. The van der Waals surface area contributed by atoms with E-state index in [1.807, 2.05) is 0 Å². The van der Waals surface area contributed by atoms with Crippen LogP contribution in [0.1, 0.15) is 63.1 Å². The smallest absolute Gasteiger partial charge is 0.0638 e. The molecule has 24 heavy (non-hydrogen) atoms. The molecule has 3 nitrogen and oxygen atoms in total. The fraction of sp³-hybridized carbons (Fsp3) is 0.667. The predicted molar refractivity (Wildman–Crippen MR) is 98.7 cm³/mol. The Hall–Kier alpha value is -1.37. The SMILES string of the molecule is Cc1ccc([C@H](CCCC#N)NC[C@H]2CCCO[C@@H]2C(C)C)cc1. The van der Waals surface area contributed by atoms with E-state index in [1.54, 1.807) is 0 Å². The molecule has 1 saturated heterocycles. The van der Waals surface area contributed by atoms with Gasteiger partial charge in [-0.2, -0.15) is 5.26 Å². The van der Waals surface area contributed by atoms with Crippen LogP contribution in [0.4, 0.5) is 0 Å². The third kappa shape index (κ3) is 5.61. The number of hydrogen-bond acceptors (Lipinski definition) is 3. The number of benzene rings is 1. The number of ether oxygens (including phenoxy) is 1. The summed E-state index contributed by atoms with van der Waals surface area (Å²) in [6, 6.07) is 11.4. The van der Waals surface area contributed by atoms with Crippen LogP contribution in [0.25, 0.3) is 0 Å². The van der Waals surface area contributed by atoms with Crippen molar-refractivity contribution in [3.63, 3.8) is 0 Å². The van der Waals surface area contributed by atoms with E-state index < -0.39 is 0 Å². The molecule has 132 valence electrons. The molecule has 0 aromatic heterocycles. The lowest BCUT2D eigenvalue weighted by Crippen LogP contribution is -2.40. The Bertz CT molecular complexity index is 518. The molecule has 0 aliphatic carbocycles. The van der Waals surface area contributed by atoms with Crippen molar-refractivity contribution >= 4 is 0 Å². The van der Waals surface area contributed by atoms with E-state index in [2.05, 4.69) is 56.4 Å². The van der Waals surface area contributed by atoms with Gasteiger partial charge in [0.2, 0.25) is 0 Å². The van der Waals surface area contributed by atoms with Gasteiger partial charge in [0.05, 0.1) is 12.2 Å². The maximum Gasteiger partial charge on any atom is 0.0638 e. The van der Waals surface area contributed by atoms with Crippen molar-refractivity contribution in [3.05, 3.63) is 35.4 Å². The second-order valence-electron chi connectivity index (χ2n) is 7.40. The van der Waals surface area contributed by atoms with E-state index in [1.165, 1.54) is 24.0 Å². The molecular formula is C21H32N2O. The zero-order valence-electron chi connectivity index (χ0n) is 15.4. The summed E-state index contributed by atoms with van der Waals surface area (Å²) in [5.74, 6) is 1.15. The summed E-state index contributed by atoms with van der Waals surface area (Å²) in [5, 5.41) is 12.6. The van der Waals surface area contributed by atoms with Crippen LogP contribution < -0.4 is 5.32 Å². The predicted octanol–water partition coefficient (Wildman–Crippen LogP) is 4.77. The van der Waals surface area contributed by atoms with Gasteiger partial charge in [-0.25, -0.2) is 0 Å². The molecule has 1 aromatic carbocycles. The number of nitriles is 1. The number of nitrogens with zero attached hydrogens (tertiary/aromatic N) is 1. The van der Waals surface area contributed by atoms with Gasteiger partial charge >= 0.3 is 0 Å². The molecular weight excluding hydrogens is 296 g/mol. The third-order valence-electron chi connectivity index (χ3n) is 5.04. The number of aryl methyl sites for hydroxylation is 1. The molecule has 3 heteroatoms. The lowest BCUT2D eigenvalue weighted by molar-refractivity contribution is -0.0522. The lowest BCUT2D eigenvalue weighted by Gasteiger charge is -2.35. The van der Waals surface area contributed by atoms with E-state index in [-0.39, 0.29) is 0 Å². The van der Waals surface area contributed by atoms with Crippen LogP contribution in [0.5, 0.6) is 0 Å². The van der Waals surface area contributed by atoms with Gasteiger partial charge < -0.3 is 10.1 Å². The van der Waals surface area contributed by atoms with E-state index in [4.69, 9.17) is 10.00 Å². The number of hydrogen-bond donors (Lipinski definition) is 1. The third-order valence-corrected chi connectivity index (χ3v) is 5.04. The number of rotatable bonds is 8. The van der Waals surface area contributed by atoms with Crippen LogP contribution in [0.3, 0.4) is 0 Å². The molecule has 0 unspecified atom stereocenters. The molecule has 1 aromatic rings. The monoisotopic (exact) mass is 328 g/mol. The topological polar surface area (TPSA) is 45.0 Å². The van der Waals surface area contributed by atoms with Crippen LogP contribution in [-0.4, -0.2) is 19.3 Å². The Kier molecular flexibility index (Phi) is 7.75. The van der Waals surface area contributed by atoms with Crippen molar-refractivity contribution in [1.82, 2.24) is 5.32 Å². The first-order valence-electron chi connectivity index (χ1n) is 9.40. The largest absolute Gasteiger partial charge is 0.378 e. The molecule has 0 bridgehead atoms. The highest BCUT2D eigenvalue weighted by atomic mass is 16.5. The van der Waals surface area contributed by atoms with Crippen molar-refractivity contribution in [2.75, 3.05) is 13.2 Å². The first kappa shape index (κ1) is 19.0. The average molecular weight is 329 g/mol. The highest BCUT2D eigenvalue weighted by Gasteiger charge is 2.28. The fourth-order valence-corrected chi connectivity index (χ4v) is 3.68. The Morgan fingerprint density at radius 1 is 1.29 bits per heavy atom. The molecule has 0 saturated carbocycles.